The molecule has 10 heteroatoms. The van der Waals surface area contributed by atoms with Crippen LogP contribution in [0.1, 0.15) is 25.8 Å². The Hall–Kier alpha value is -2.46. The Balaban J connectivity index is 1.76. The van der Waals surface area contributed by atoms with Crippen LogP contribution >= 0.6 is 0 Å². The van der Waals surface area contributed by atoms with Crippen molar-refractivity contribution >= 4 is 27.8 Å². The summed E-state index contributed by atoms with van der Waals surface area (Å²) in [7, 11) is -4.60. The maximum absolute atomic E-state index is 11.8. The molecule has 0 bridgehead atoms. The zero-order chi connectivity index (χ0) is 18.6. The van der Waals surface area contributed by atoms with E-state index in [9.17, 15) is 18.0 Å². The lowest BCUT2D eigenvalue weighted by Gasteiger charge is -2.42. The zero-order valence-corrected chi connectivity index (χ0v) is 14.6. The molecule has 0 aromatic heterocycles. The van der Waals surface area contributed by atoms with Crippen LogP contribution in [-0.2, 0) is 24.7 Å². The lowest BCUT2D eigenvalue weighted by atomic mass is 10.0. The minimum Gasteiger partial charge on any atom is -0.395 e. The molecule has 0 saturated carbocycles. The van der Waals surface area contributed by atoms with Crippen molar-refractivity contribution in [3.8, 4) is 0 Å². The predicted octanol–water partition coefficient (Wildman–Crippen LogP) is 0.336. The molecular weight excluding hydrogens is 350 g/mol. The number of carbonyl (C=O) groups is 2. The Morgan fingerprint density at radius 3 is 2.56 bits per heavy atom. The van der Waals surface area contributed by atoms with Gasteiger partial charge in [-0.2, -0.15) is 8.42 Å². The van der Waals surface area contributed by atoms with Crippen LogP contribution < -0.4 is 5.32 Å². The fourth-order valence-corrected chi connectivity index (χ4v) is 3.24. The van der Waals surface area contributed by atoms with Gasteiger partial charge in [0, 0.05) is 0 Å². The molecular formula is C15H19N3O6S. The van der Waals surface area contributed by atoms with Crippen molar-refractivity contribution in [2.24, 2.45) is 5.16 Å². The lowest BCUT2D eigenvalue weighted by Crippen LogP contribution is -2.70. The first-order valence-electron chi connectivity index (χ1n) is 7.54. The molecule has 0 radical (unpaired) electrons. The molecule has 1 saturated heterocycles. The summed E-state index contributed by atoms with van der Waals surface area (Å²) in [5, 5.41) is 6.31. The Morgan fingerprint density at radius 1 is 1.36 bits per heavy atom. The first kappa shape index (κ1) is 18.9. The van der Waals surface area contributed by atoms with E-state index in [0.717, 1.165) is 5.56 Å². The van der Waals surface area contributed by atoms with E-state index < -0.39 is 34.2 Å². The van der Waals surface area contributed by atoms with E-state index in [1.807, 2.05) is 30.3 Å². The first-order chi connectivity index (χ1) is 11.7. The highest BCUT2D eigenvalue weighted by atomic mass is 32.2. The van der Waals surface area contributed by atoms with E-state index in [0.29, 0.717) is 10.0 Å². The number of hydrogen-bond acceptors (Lipinski definition) is 6. The molecule has 0 aliphatic carbocycles. The fourth-order valence-electron chi connectivity index (χ4n) is 2.36. The Bertz CT molecular complexity index is 778. The molecule has 2 amide bonds. The van der Waals surface area contributed by atoms with Gasteiger partial charge in [0.25, 0.3) is 5.91 Å². The molecule has 2 atom stereocenters. The number of carbonyl (C=O) groups excluding carboxylic acids is 2. The Morgan fingerprint density at radius 2 is 2.00 bits per heavy atom. The highest BCUT2D eigenvalue weighted by molar-refractivity contribution is 7.84. The lowest BCUT2D eigenvalue weighted by molar-refractivity contribution is -0.145. The monoisotopic (exact) mass is 369 g/mol. The average molecular weight is 369 g/mol. The van der Waals surface area contributed by atoms with Gasteiger partial charge in [0.15, 0.2) is 0 Å². The molecule has 0 unspecified atom stereocenters. The van der Waals surface area contributed by atoms with Gasteiger partial charge in [-0.1, -0.05) is 35.5 Å². The predicted molar refractivity (Wildman–Crippen MR) is 89.0 cm³/mol. The van der Waals surface area contributed by atoms with Gasteiger partial charge in [0.1, 0.15) is 12.6 Å². The molecule has 25 heavy (non-hydrogen) atoms. The number of amides is 2. The summed E-state index contributed by atoms with van der Waals surface area (Å²) in [6.45, 7) is 3.19. The van der Waals surface area contributed by atoms with E-state index in [4.69, 9.17) is 9.39 Å². The third-order valence-corrected chi connectivity index (χ3v) is 4.72. The van der Waals surface area contributed by atoms with Crippen LogP contribution in [0.4, 0.5) is 0 Å². The minimum atomic E-state index is -4.60. The quantitative estimate of drug-likeness (QED) is 0.235. The summed E-state index contributed by atoms with van der Waals surface area (Å²) >= 11 is 0. The van der Waals surface area contributed by atoms with E-state index in [2.05, 4.69) is 10.5 Å². The van der Waals surface area contributed by atoms with Crippen molar-refractivity contribution in [1.29, 1.82) is 0 Å². The summed E-state index contributed by atoms with van der Waals surface area (Å²) in [6.07, 6.45) is -0.0477. The minimum absolute atomic E-state index is 0.00725. The van der Waals surface area contributed by atoms with Crippen molar-refractivity contribution in [2.45, 2.75) is 32.4 Å². The summed E-state index contributed by atoms with van der Waals surface area (Å²) < 4.78 is 31.1. The number of benzene rings is 1. The van der Waals surface area contributed by atoms with Gasteiger partial charge in [0.2, 0.25) is 5.91 Å². The molecule has 9 nitrogen and oxygen atoms in total. The van der Waals surface area contributed by atoms with E-state index in [1.165, 1.54) is 6.92 Å². The van der Waals surface area contributed by atoms with Crippen molar-refractivity contribution in [3.63, 3.8) is 0 Å². The van der Waals surface area contributed by atoms with Crippen molar-refractivity contribution in [2.75, 3.05) is 6.61 Å². The van der Waals surface area contributed by atoms with Gasteiger partial charge in [-0.3, -0.25) is 14.1 Å². The standard InChI is InChI=1S/C15H19N3O6S/c1-10(12-6-4-3-5-7-12)17-24-9-8-13(19)16-14-11(2)18(15(14)20)25(21,22)23/h3-7,11,14H,8-9H2,1-2H3,(H,16,19)(H,21,22,23)/b17-10+/t11-,14-/m0/s1. The number of rotatable bonds is 7. The Labute approximate surface area is 145 Å². The maximum atomic E-state index is 11.8. The van der Waals surface area contributed by atoms with Crippen molar-refractivity contribution in [1.82, 2.24) is 9.62 Å². The molecule has 136 valence electrons. The third-order valence-electron chi connectivity index (χ3n) is 3.71. The maximum Gasteiger partial charge on any atom is 0.362 e. The van der Waals surface area contributed by atoms with Crippen LogP contribution in [-0.4, -0.2) is 53.5 Å². The van der Waals surface area contributed by atoms with Gasteiger partial charge in [-0.15, -0.1) is 0 Å². The largest absolute Gasteiger partial charge is 0.395 e. The summed E-state index contributed by atoms with van der Waals surface area (Å²) in [6, 6.07) is 7.55. The molecule has 1 aromatic rings. The molecule has 0 spiro atoms. The first-order valence-corrected chi connectivity index (χ1v) is 8.93. The second-order valence-corrected chi connectivity index (χ2v) is 6.81. The topological polar surface area (TPSA) is 125 Å². The second kappa shape index (κ2) is 7.62. The van der Waals surface area contributed by atoms with Gasteiger partial charge in [0.05, 0.1) is 18.2 Å². The third kappa shape index (κ3) is 4.54. The van der Waals surface area contributed by atoms with Crippen LogP contribution in [0.2, 0.25) is 0 Å². The van der Waals surface area contributed by atoms with Crippen molar-refractivity contribution in [3.05, 3.63) is 35.9 Å². The number of nitrogens with zero attached hydrogens (tertiary/aromatic N) is 2. The highest BCUT2D eigenvalue weighted by Crippen LogP contribution is 2.22. The number of oxime groups is 1. The van der Waals surface area contributed by atoms with E-state index in [-0.39, 0.29) is 13.0 Å². The molecule has 1 aliphatic rings. The number of nitrogens with one attached hydrogen (secondary N) is 1. The molecule has 1 aliphatic heterocycles. The molecule has 2 rings (SSSR count). The summed E-state index contributed by atoms with van der Waals surface area (Å²) in [5.74, 6) is -1.35. The van der Waals surface area contributed by atoms with Crippen LogP contribution in [0.3, 0.4) is 0 Å². The highest BCUT2D eigenvalue weighted by Gasteiger charge is 2.51. The second-order valence-electron chi connectivity index (χ2n) is 5.52. The number of β-lactam (4-membered cyclic amide) rings is 1. The normalized spacial score (nSPS) is 20.8. The van der Waals surface area contributed by atoms with E-state index in [1.54, 1.807) is 6.92 Å². The summed E-state index contributed by atoms with van der Waals surface area (Å²) in [5.41, 5.74) is 1.55. The van der Waals surface area contributed by atoms with Gasteiger partial charge < -0.3 is 10.2 Å². The molecule has 1 heterocycles. The Kier molecular flexibility index (Phi) is 5.75. The van der Waals surface area contributed by atoms with Gasteiger partial charge >= 0.3 is 10.3 Å². The van der Waals surface area contributed by atoms with Gasteiger partial charge in [-0.25, -0.2) is 4.31 Å². The summed E-state index contributed by atoms with van der Waals surface area (Å²) in [4.78, 5) is 28.5. The van der Waals surface area contributed by atoms with Crippen LogP contribution in [0.5, 0.6) is 0 Å². The van der Waals surface area contributed by atoms with E-state index >= 15 is 0 Å². The van der Waals surface area contributed by atoms with Crippen LogP contribution in [0, 0.1) is 0 Å². The average Bonchev–Trinajstić information content (AvgIpc) is 2.56. The smallest absolute Gasteiger partial charge is 0.362 e. The SMILES string of the molecule is C/C(=N\OCCC(=O)N[C@@H]1C(=O)N(S(=O)(=O)O)[C@H]1C)c1ccccc1. The fraction of sp³-hybridized carbons (Fsp3) is 0.400. The zero-order valence-electron chi connectivity index (χ0n) is 13.7. The van der Waals surface area contributed by atoms with Crippen LogP contribution in [0.25, 0.3) is 0 Å². The van der Waals surface area contributed by atoms with Crippen molar-refractivity contribution < 1.29 is 27.4 Å². The molecule has 1 fully saturated rings. The molecule has 1 aromatic carbocycles. The van der Waals surface area contributed by atoms with Gasteiger partial charge in [-0.05, 0) is 19.4 Å². The molecule has 2 N–H and O–H groups in total. The number of hydrogen-bond donors (Lipinski definition) is 2. The van der Waals surface area contributed by atoms with Crippen LogP contribution in [0.15, 0.2) is 35.5 Å².